The van der Waals surface area contributed by atoms with Crippen LogP contribution in [0.2, 0.25) is 5.15 Å². The van der Waals surface area contributed by atoms with Gasteiger partial charge in [0.15, 0.2) is 0 Å². The molecule has 170 valence electrons. The van der Waals surface area contributed by atoms with Gasteiger partial charge in [0.25, 0.3) is 0 Å². The van der Waals surface area contributed by atoms with E-state index in [4.69, 9.17) is 11.6 Å². The van der Waals surface area contributed by atoms with E-state index in [1.165, 1.54) is 0 Å². The molecule has 31 heavy (non-hydrogen) atoms. The summed E-state index contributed by atoms with van der Waals surface area (Å²) in [6.45, 7) is 1.22. The minimum Gasteiger partial charge on any atom is -0.358 e. The van der Waals surface area contributed by atoms with Crippen LogP contribution in [0.3, 0.4) is 0 Å². The highest BCUT2D eigenvalue weighted by molar-refractivity contribution is 6.32. The van der Waals surface area contributed by atoms with Crippen LogP contribution >= 0.6 is 11.6 Å². The highest BCUT2D eigenvalue weighted by Crippen LogP contribution is 2.38. The van der Waals surface area contributed by atoms with Crippen molar-refractivity contribution in [3.05, 3.63) is 34.7 Å². The molecule has 2 rings (SSSR count). The zero-order valence-electron chi connectivity index (χ0n) is 15.4. The number of nitrogens with one attached hydrogen (secondary N) is 2. The van der Waals surface area contributed by atoms with Crippen molar-refractivity contribution in [3.8, 4) is 11.1 Å². The van der Waals surface area contributed by atoms with Gasteiger partial charge in [0.1, 0.15) is 40.2 Å². The Morgan fingerprint density at radius 2 is 1.55 bits per heavy atom. The van der Waals surface area contributed by atoms with E-state index in [0.29, 0.717) is 13.8 Å². The third kappa shape index (κ3) is 5.89. The van der Waals surface area contributed by atoms with Crippen molar-refractivity contribution in [2.45, 2.75) is 32.2 Å². The standard InChI is InChI=1S/C16H11ClF9N5/c1-5(15(21,22)23)27-13-11(10-8(19)3-7(18)4-9(10)20)12(17)28-14(29-13)31-30-6(2)16(24,25)26/h3-5H,1-2H3,(H2,27,28,29,31)/b30-6+/t5-/m0/s1. The Kier molecular flexibility index (Phi) is 6.93. The van der Waals surface area contributed by atoms with Crippen LogP contribution in [0.4, 0.5) is 51.3 Å². The van der Waals surface area contributed by atoms with Gasteiger partial charge in [0, 0.05) is 12.1 Å². The number of anilines is 2. The molecule has 0 fully saturated rings. The number of hydrazone groups is 1. The van der Waals surface area contributed by atoms with E-state index in [0.717, 1.165) is 0 Å². The number of halogens is 10. The molecule has 0 aliphatic rings. The van der Waals surface area contributed by atoms with E-state index in [1.807, 2.05) is 5.32 Å². The van der Waals surface area contributed by atoms with Crippen molar-refractivity contribution in [2.75, 3.05) is 10.7 Å². The molecule has 1 aromatic heterocycles. The quantitative estimate of drug-likeness (QED) is 0.242. The fraction of sp³-hybridized carbons (Fsp3) is 0.312. The first-order chi connectivity index (χ1) is 14.1. The Morgan fingerprint density at radius 3 is 2.03 bits per heavy atom. The Morgan fingerprint density at radius 1 is 1.00 bits per heavy atom. The van der Waals surface area contributed by atoms with Crippen molar-refractivity contribution in [2.24, 2.45) is 5.10 Å². The predicted molar refractivity (Wildman–Crippen MR) is 94.3 cm³/mol. The molecule has 1 atom stereocenters. The molecule has 0 amide bonds. The van der Waals surface area contributed by atoms with Crippen LogP contribution in [0, 0.1) is 17.5 Å². The first-order valence-corrected chi connectivity index (χ1v) is 8.42. The van der Waals surface area contributed by atoms with E-state index in [1.54, 1.807) is 5.43 Å². The molecular formula is C16H11ClF9N5. The van der Waals surface area contributed by atoms with Gasteiger partial charge in [-0.2, -0.15) is 41.4 Å². The molecule has 0 spiro atoms. The highest BCUT2D eigenvalue weighted by atomic mass is 35.5. The van der Waals surface area contributed by atoms with Crippen LogP contribution < -0.4 is 10.7 Å². The number of rotatable bonds is 5. The van der Waals surface area contributed by atoms with E-state index in [2.05, 4.69) is 15.1 Å². The number of aromatic nitrogens is 2. The van der Waals surface area contributed by atoms with Gasteiger partial charge < -0.3 is 5.32 Å². The van der Waals surface area contributed by atoms with Crippen molar-refractivity contribution < 1.29 is 39.5 Å². The number of hydrogen-bond acceptors (Lipinski definition) is 5. The summed E-state index contributed by atoms with van der Waals surface area (Å²) in [5.41, 5.74) is -1.49. The van der Waals surface area contributed by atoms with Crippen molar-refractivity contribution in [1.82, 2.24) is 9.97 Å². The van der Waals surface area contributed by atoms with Gasteiger partial charge in [-0.15, -0.1) is 0 Å². The summed E-state index contributed by atoms with van der Waals surface area (Å²) in [6, 6.07) is -1.85. The van der Waals surface area contributed by atoms with Gasteiger partial charge in [-0.1, -0.05) is 11.6 Å². The molecule has 15 heteroatoms. The molecule has 0 bridgehead atoms. The van der Waals surface area contributed by atoms with E-state index in [9.17, 15) is 39.5 Å². The van der Waals surface area contributed by atoms with Crippen LogP contribution in [0.5, 0.6) is 0 Å². The lowest BCUT2D eigenvalue weighted by Gasteiger charge is -2.21. The summed E-state index contributed by atoms with van der Waals surface area (Å²) in [5.74, 6) is -6.08. The fourth-order valence-electron chi connectivity index (χ4n) is 2.07. The molecule has 0 aliphatic heterocycles. The maximum atomic E-state index is 14.2. The Labute approximate surface area is 173 Å². The lowest BCUT2D eigenvalue weighted by molar-refractivity contribution is -0.138. The Bertz CT molecular complexity index is 981. The lowest BCUT2D eigenvalue weighted by atomic mass is 10.1. The third-order valence-electron chi connectivity index (χ3n) is 3.70. The first-order valence-electron chi connectivity index (χ1n) is 8.04. The largest absolute Gasteiger partial charge is 0.430 e. The molecule has 2 aromatic rings. The zero-order valence-corrected chi connectivity index (χ0v) is 16.1. The number of hydrogen-bond donors (Lipinski definition) is 2. The van der Waals surface area contributed by atoms with Crippen LogP contribution in [0.15, 0.2) is 17.2 Å². The lowest BCUT2D eigenvalue weighted by Crippen LogP contribution is -2.33. The molecule has 0 aliphatic carbocycles. The second kappa shape index (κ2) is 8.77. The van der Waals surface area contributed by atoms with Gasteiger partial charge >= 0.3 is 12.4 Å². The molecule has 5 nitrogen and oxygen atoms in total. The SMILES string of the molecule is C/C(=N\Nc1nc(Cl)c(-c2c(F)cc(F)cc2F)c(N[C@@H](C)C(F)(F)F)n1)C(F)(F)F. The smallest absolute Gasteiger partial charge is 0.358 e. The van der Waals surface area contributed by atoms with Crippen LogP contribution in [0.1, 0.15) is 13.8 Å². The normalized spacial score (nSPS) is 13.9. The third-order valence-corrected chi connectivity index (χ3v) is 3.97. The van der Waals surface area contributed by atoms with Gasteiger partial charge in [0.2, 0.25) is 5.95 Å². The second-order valence-corrected chi connectivity index (χ2v) is 6.38. The van der Waals surface area contributed by atoms with Gasteiger partial charge in [-0.3, -0.25) is 0 Å². The summed E-state index contributed by atoms with van der Waals surface area (Å²) in [6.07, 6.45) is -9.68. The van der Waals surface area contributed by atoms with Crippen molar-refractivity contribution in [1.29, 1.82) is 0 Å². The summed E-state index contributed by atoms with van der Waals surface area (Å²) < 4.78 is 118. The fourth-order valence-corrected chi connectivity index (χ4v) is 2.34. The Balaban J connectivity index is 2.65. The maximum absolute atomic E-state index is 14.2. The molecule has 0 unspecified atom stereocenters. The topological polar surface area (TPSA) is 62.2 Å². The van der Waals surface area contributed by atoms with Crippen LogP contribution in [-0.4, -0.2) is 34.1 Å². The molecule has 1 aromatic carbocycles. The van der Waals surface area contributed by atoms with Crippen molar-refractivity contribution in [3.63, 3.8) is 0 Å². The maximum Gasteiger partial charge on any atom is 0.430 e. The summed E-state index contributed by atoms with van der Waals surface area (Å²) in [5, 5.41) is 3.91. The predicted octanol–water partition coefficient (Wildman–Crippen LogP) is 5.93. The number of benzene rings is 1. The van der Waals surface area contributed by atoms with E-state index in [-0.39, 0.29) is 12.1 Å². The number of alkyl halides is 6. The van der Waals surface area contributed by atoms with Crippen LogP contribution in [-0.2, 0) is 0 Å². The van der Waals surface area contributed by atoms with Crippen molar-refractivity contribution >= 4 is 29.1 Å². The molecule has 0 saturated heterocycles. The second-order valence-electron chi connectivity index (χ2n) is 6.02. The monoisotopic (exact) mass is 479 g/mol. The van der Waals surface area contributed by atoms with E-state index < -0.39 is 69.6 Å². The summed E-state index contributed by atoms with van der Waals surface area (Å²) >= 11 is 5.85. The molecule has 2 N–H and O–H groups in total. The molecule has 0 radical (unpaired) electrons. The highest BCUT2D eigenvalue weighted by Gasteiger charge is 2.37. The molecule has 1 heterocycles. The first kappa shape index (κ1) is 24.5. The Hall–Kier alpha value is -2.77. The minimum absolute atomic E-state index is 0.245. The van der Waals surface area contributed by atoms with Gasteiger partial charge in [0.05, 0.1) is 11.1 Å². The molecular weight excluding hydrogens is 469 g/mol. The average Bonchev–Trinajstić information content (AvgIpc) is 2.59. The minimum atomic E-state index is -4.85. The van der Waals surface area contributed by atoms with E-state index >= 15 is 0 Å². The average molecular weight is 480 g/mol. The summed E-state index contributed by atoms with van der Waals surface area (Å²) in [7, 11) is 0. The van der Waals surface area contributed by atoms with Gasteiger partial charge in [-0.25, -0.2) is 18.6 Å². The number of nitrogens with zero attached hydrogens (tertiary/aromatic N) is 3. The van der Waals surface area contributed by atoms with Gasteiger partial charge in [-0.05, 0) is 13.8 Å². The zero-order chi connectivity index (χ0) is 23.7. The summed E-state index contributed by atoms with van der Waals surface area (Å²) in [4.78, 5) is 6.96. The molecule has 0 saturated carbocycles. The van der Waals surface area contributed by atoms with Crippen LogP contribution in [0.25, 0.3) is 11.1 Å².